The predicted octanol–water partition coefficient (Wildman–Crippen LogP) is 3.47. The maximum absolute atomic E-state index is 13.7. The third-order valence-corrected chi connectivity index (χ3v) is 3.03. The van der Waals surface area contributed by atoms with Crippen molar-refractivity contribution in [2.45, 2.75) is 5.92 Å². The third kappa shape index (κ3) is 2.27. The highest BCUT2D eigenvalue weighted by atomic mass is 19.2. The molecule has 0 amide bonds. The Labute approximate surface area is 111 Å². The zero-order valence-corrected chi connectivity index (χ0v) is 10.1. The van der Waals surface area contributed by atoms with Crippen molar-refractivity contribution in [1.29, 1.82) is 0 Å². The van der Waals surface area contributed by atoms with Crippen LogP contribution in [-0.4, -0.2) is 6.54 Å². The second-order valence-corrected chi connectivity index (χ2v) is 4.18. The van der Waals surface area contributed by atoms with Crippen molar-refractivity contribution in [2.24, 2.45) is 5.73 Å². The monoisotopic (exact) mass is 287 g/mol. The number of rotatable bonds is 3. The normalized spacial score (nSPS) is 12.5. The molecule has 0 radical (unpaired) electrons. The fourth-order valence-corrected chi connectivity index (χ4v) is 2.03. The van der Waals surface area contributed by atoms with Crippen molar-refractivity contribution in [3.05, 3.63) is 70.5 Å². The largest absolute Gasteiger partial charge is 0.330 e. The minimum atomic E-state index is -2.17. The lowest BCUT2D eigenvalue weighted by atomic mass is 9.90. The molecule has 2 rings (SSSR count). The van der Waals surface area contributed by atoms with Crippen molar-refractivity contribution in [3.63, 3.8) is 0 Å². The van der Waals surface area contributed by atoms with Gasteiger partial charge in [0.15, 0.2) is 23.3 Å². The molecule has 0 saturated carbocycles. The zero-order chi connectivity index (χ0) is 14.9. The molecule has 106 valence electrons. The van der Waals surface area contributed by atoms with Gasteiger partial charge in [0.2, 0.25) is 5.82 Å². The number of halogens is 5. The molecule has 0 aromatic heterocycles. The average Bonchev–Trinajstić information content (AvgIpc) is 2.48. The van der Waals surface area contributed by atoms with Crippen LogP contribution in [0.15, 0.2) is 30.3 Å². The Hall–Kier alpha value is -1.95. The van der Waals surface area contributed by atoms with Crippen LogP contribution < -0.4 is 5.73 Å². The molecule has 0 aliphatic carbocycles. The van der Waals surface area contributed by atoms with Crippen molar-refractivity contribution in [1.82, 2.24) is 0 Å². The van der Waals surface area contributed by atoms with Crippen LogP contribution in [0.1, 0.15) is 17.0 Å². The van der Waals surface area contributed by atoms with E-state index in [1.165, 1.54) is 12.1 Å². The van der Waals surface area contributed by atoms with Crippen LogP contribution in [0.25, 0.3) is 0 Å². The van der Waals surface area contributed by atoms with Crippen molar-refractivity contribution in [2.75, 3.05) is 6.54 Å². The van der Waals surface area contributed by atoms with Gasteiger partial charge in [-0.1, -0.05) is 30.3 Å². The first-order valence-corrected chi connectivity index (χ1v) is 5.75. The molecular weight excluding hydrogens is 277 g/mol. The summed E-state index contributed by atoms with van der Waals surface area (Å²) in [6.07, 6.45) is 0. The first kappa shape index (κ1) is 14.5. The SMILES string of the molecule is NCC(c1ccccc1)c1c(F)c(F)c(F)c(F)c1F. The lowest BCUT2D eigenvalue weighted by Gasteiger charge is -2.18. The Bertz CT molecular complexity index is 598. The molecule has 1 nitrogen and oxygen atoms in total. The maximum Gasteiger partial charge on any atom is 0.200 e. The second-order valence-electron chi connectivity index (χ2n) is 4.18. The molecule has 1 unspecified atom stereocenters. The van der Waals surface area contributed by atoms with E-state index in [4.69, 9.17) is 5.73 Å². The molecule has 0 bridgehead atoms. The van der Waals surface area contributed by atoms with E-state index in [2.05, 4.69) is 0 Å². The molecular formula is C14H10F5N. The van der Waals surface area contributed by atoms with Gasteiger partial charge in [0.25, 0.3) is 0 Å². The first-order valence-electron chi connectivity index (χ1n) is 5.75. The van der Waals surface area contributed by atoms with E-state index >= 15 is 0 Å². The van der Waals surface area contributed by atoms with Crippen LogP contribution in [0.5, 0.6) is 0 Å². The van der Waals surface area contributed by atoms with E-state index in [1.54, 1.807) is 18.2 Å². The predicted molar refractivity (Wildman–Crippen MR) is 63.6 cm³/mol. The summed E-state index contributed by atoms with van der Waals surface area (Å²) in [7, 11) is 0. The molecule has 1 atom stereocenters. The highest BCUT2D eigenvalue weighted by molar-refractivity contribution is 5.36. The van der Waals surface area contributed by atoms with E-state index in [0.717, 1.165) is 0 Å². The standard InChI is InChI=1S/C14H10F5N/c15-10-9(11(16)13(18)14(19)12(10)17)8(6-20)7-4-2-1-3-5-7/h1-5,8H,6,20H2. The Morgan fingerprint density at radius 1 is 0.750 bits per heavy atom. The molecule has 0 spiro atoms. The molecule has 2 N–H and O–H groups in total. The van der Waals surface area contributed by atoms with Gasteiger partial charge in [-0.2, -0.15) is 0 Å². The average molecular weight is 287 g/mol. The molecule has 2 aromatic rings. The van der Waals surface area contributed by atoms with Crippen LogP contribution in [0.2, 0.25) is 0 Å². The van der Waals surface area contributed by atoms with Crippen molar-refractivity contribution >= 4 is 0 Å². The number of hydrogen-bond acceptors (Lipinski definition) is 1. The Balaban J connectivity index is 2.68. The van der Waals surface area contributed by atoms with Gasteiger partial charge < -0.3 is 5.73 Å². The number of nitrogens with two attached hydrogens (primary N) is 1. The summed E-state index contributed by atoms with van der Waals surface area (Å²) in [5.74, 6) is -10.9. The molecule has 0 heterocycles. The lowest BCUT2D eigenvalue weighted by molar-refractivity contribution is 0.367. The van der Waals surface area contributed by atoms with Crippen LogP contribution in [0.4, 0.5) is 22.0 Å². The second kappa shape index (κ2) is 5.58. The Kier molecular flexibility index (Phi) is 4.04. The summed E-state index contributed by atoms with van der Waals surface area (Å²) in [5, 5.41) is 0. The quantitative estimate of drug-likeness (QED) is 0.522. The van der Waals surface area contributed by atoms with Gasteiger partial charge in [-0.15, -0.1) is 0 Å². The first-order chi connectivity index (χ1) is 9.49. The van der Waals surface area contributed by atoms with Gasteiger partial charge in [0, 0.05) is 18.0 Å². The molecule has 6 heteroatoms. The van der Waals surface area contributed by atoms with Crippen LogP contribution in [0.3, 0.4) is 0 Å². The van der Waals surface area contributed by atoms with Crippen LogP contribution >= 0.6 is 0 Å². The number of hydrogen-bond donors (Lipinski definition) is 1. The molecule has 2 aromatic carbocycles. The topological polar surface area (TPSA) is 26.0 Å². The molecule has 0 aliphatic heterocycles. The fraction of sp³-hybridized carbons (Fsp3) is 0.143. The summed E-state index contributed by atoms with van der Waals surface area (Å²) in [6.45, 7) is -0.289. The van der Waals surface area contributed by atoms with E-state index < -0.39 is 40.6 Å². The van der Waals surface area contributed by atoms with Gasteiger partial charge in [-0.05, 0) is 5.56 Å². The van der Waals surface area contributed by atoms with Gasteiger partial charge in [-0.25, -0.2) is 22.0 Å². The van der Waals surface area contributed by atoms with E-state index in [1.807, 2.05) is 0 Å². The molecule has 0 fully saturated rings. The van der Waals surface area contributed by atoms with Crippen molar-refractivity contribution in [3.8, 4) is 0 Å². The minimum absolute atomic E-state index is 0.289. The summed E-state index contributed by atoms with van der Waals surface area (Å²) < 4.78 is 66.9. The lowest BCUT2D eigenvalue weighted by Crippen LogP contribution is -2.19. The molecule has 20 heavy (non-hydrogen) atoms. The summed E-state index contributed by atoms with van der Waals surface area (Å²) in [6, 6.07) is 7.86. The Morgan fingerprint density at radius 2 is 1.20 bits per heavy atom. The van der Waals surface area contributed by atoms with E-state index in [-0.39, 0.29) is 6.54 Å². The van der Waals surface area contributed by atoms with E-state index in [0.29, 0.717) is 5.56 Å². The highest BCUT2D eigenvalue weighted by Gasteiger charge is 2.30. The summed E-state index contributed by atoms with van der Waals surface area (Å²) in [5.41, 5.74) is 4.91. The van der Waals surface area contributed by atoms with Crippen LogP contribution in [0, 0.1) is 29.1 Å². The Morgan fingerprint density at radius 3 is 1.65 bits per heavy atom. The third-order valence-electron chi connectivity index (χ3n) is 3.03. The van der Waals surface area contributed by atoms with Gasteiger partial charge >= 0.3 is 0 Å². The van der Waals surface area contributed by atoms with Crippen LogP contribution in [-0.2, 0) is 0 Å². The van der Waals surface area contributed by atoms with Crippen molar-refractivity contribution < 1.29 is 22.0 Å². The summed E-state index contributed by atoms with van der Waals surface area (Å²) >= 11 is 0. The maximum atomic E-state index is 13.7. The highest BCUT2D eigenvalue weighted by Crippen LogP contribution is 2.32. The van der Waals surface area contributed by atoms with Gasteiger partial charge in [0.05, 0.1) is 0 Å². The zero-order valence-electron chi connectivity index (χ0n) is 10.1. The van der Waals surface area contributed by atoms with Gasteiger partial charge in [-0.3, -0.25) is 0 Å². The summed E-state index contributed by atoms with van der Waals surface area (Å²) in [4.78, 5) is 0. The minimum Gasteiger partial charge on any atom is -0.330 e. The van der Waals surface area contributed by atoms with E-state index in [9.17, 15) is 22.0 Å². The fourth-order valence-electron chi connectivity index (χ4n) is 2.03. The molecule has 0 aliphatic rings. The molecule has 0 saturated heterocycles. The smallest absolute Gasteiger partial charge is 0.200 e. The van der Waals surface area contributed by atoms with Gasteiger partial charge in [0.1, 0.15) is 0 Å². The number of benzene rings is 2.